The molecule has 0 aliphatic heterocycles. The van der Waals surface area contributed by atoms with Crippen LogP contribution in [0.4, 0.5) is 26.3 Å². The first kappa shape index (κ1) is 21.7. The minimum Gasteiger partial charge on any atom is -0.312 e. The summed E-state index contributed by atoms with van der Waals surface area (Å²) >= 11 is 0. The molecule has 0 saturated heterocycles. The van der Waals surface area contributed by atoms with Crippen molar-refractivity contribution in [1.29, 1.82) is 0 Å². The topological polar surface area (TPSA) is 60.8 Å². The number of hydrogen-bond acceptors (Lipinski definition) is 1. The highest BCUT2D eigenvalue weighted by Crippen LogP contribution is 2.42. The van der Waals surface area contributed by atoms with Gasteiger partial charge in [-0.3, -0.25) is 0 Å². The van der Waals surface area contributed by atoms with Crippen molar-refractivity contribution in [2.45, 2.75) is 57.9 Å². The quantitative estimate of drug-likeness (QED) is 0.506. The number of rotatable bonds is 8. The van der Waals surface area contributed by atoms with Crippen LogP contribution in [0.3, 0.4) is 0 Å². The Labute approximate surface area is 124 Å². The van der Waals surface area contributed by atoms with E-state index in [-0.39, 0.29) is 13.0 Å². The highest BCUT2D eigenvalue weighted by Gasteiger charge is 2.38. The van der Waals surface area contributed by atoms with E-state index in [2.05, 4.69) is 0 Å². The van der Waals surface area contributed by atoms with Crippen LogP contribution in [0, 0.1) is 5.92 Å². The summed E-state index contributed by atoms with van der Waals surface area (Å²) in [5, 5.41) is 0. The maximum Gasteiger partial charge on any atom is 0.403 e. The predicted octanol–water partition coefficient (Wildman–Crippen LogP) is 4.09. The lowest BCUT2D eigenvalue weighted by atomic mass is 9.95. The minimum absolute atomic E-state index is 0.167. The molecule has 2 N–H and O–H groups in total. The molecule has 0 bridgehead atoms. The zero-order valence-corrected chi connectivity index (χ0v) is 13.0. The van der Waals surface area contributed by atoms with E-state index in [4.69, 9.17) is 9.79 Å². The van der Waals surface area contributed by atoms with Gasteiger partial charge in [-0.15, -0.1) is 0 Å². The number of nitrogens with zero attached hydrogens (tertiary/aromatic N) is 1. The van der Waals surface area contributed by atoms with Gasteiger partial charge in [0, 0.05) is 25.4 Å². The van der Waals surface area contributed by atoms with E-state index < -0.39 is 51.3 Å². The van der Waals surface area contributed by atoms with Gasteiger partial charge in [-0.2, -0.15) is 26.3 Å². The average molecular weight is 359 g/mol. The van der Waals surface area contributed by atoms with Crippen LogP contribution in [0.5, 0.6) is 0 Å². The molecule has 0 rings (SSSR count). The standard InChI is InChI=1S/C11H20F6NO3P/c1-8(2)18(22(19,20)21)5-3-4-9(6-10(12,13)14)7-11(15,16)17/h8-9H,3-7H2,1-2H3,(H2,19,20,21). The summed E-state index contributed by atoms with van der Waals surface area (Å²) in [6, 6.07) is -0.579. The molecule has 0 amide bonds. The van der Waals surface area contributed by atoms with Gasteiger partial charge in [0.2, 0.25) is 0 Å². The summed E-state index contributed by atoms with van der Waals surface area (Å²) in [6.45, 7) is 2.68. The predicted molar refractivity (Wildman–Crippen MR) is 68.0 cm³/mol. The fourth-order valence-corrected chi connectivity index (χ4v) is 3.17. The molecule has 0 unspecified atom stereocenters. The van der Waals surface area contributed by atoms with Crippen molar-refractivity contribution in [2.24, 2.45) is 5.92 Å². The first-order chi connectivity index (χ1) is 9.62. The van der Waals surface area contributed by atoms with Gasteiger partial charge in [-0.25, -0.2) is 9.24 Å². The lowest BCUT2D eigenvalue weighted by molar-refractivity contribution is -0.173. The molecular formula is C11H20F6NO3P. The Hall–Kier alpha value is -0.310. The molecule has 0 fully saturated rings. The average Bonchev–Trinajstić information content (AvgIpc) is 2.16. The summed E-state index contributed by atoms with van der Waals surface area (Å²) in [5.74, 6) is -1.65. The van der Waals surface area contributed by atoms with Crippen molar-refractivity contribution in [3.05, 3.63) is 0 Å². The van der Waals surface area contributed by atoms with Crippen molar-refractivity contribution in [2.75, 3.05) is 6.54 Å². The maximum absolute atomic E-state index is 12.3. The van der Waals surface area contributed by atoms with Crippen LogP contribution in [0.15, 0.2) is 0 Å². The van der Waals surface area contributed by atoms with E-state index in [0.717, 1.165) is 4.67 Å². The van der Waals surface area contributed by atoms with Crippen LogP contribution < -0.4 is 0 Å². The molecule has 4 nitrogen and oxygen atoms in total. The monoisotopic (exact) mass is 359 g/mol. The fourth-order valence-electron chi connectivity index (χ4n) is 2.16. The Kier molecular flexibility index (Phi) is 7.87. The molecule has 0 aliphatic carbocycles. The first-order valence-corrected chi connectivity index (χ1v) is 8.14. The normalized spacial score (nSPS) is 14.4. The lowest BCUT2D eigenvalue weighted by Crippen LogP contribution is -2.29. The zero-order chi connectivity index (χ0) is 17.8. The van der Waals surface area contributed by atoms with Crippen molar-refractivity contribution in [1.82, 2.24) is 4.67 Å². The number of halogens is 6. The molecule has 0 saturated carbocycles. The van der Waals surface area contributed by atoms with E-state index in [1.54, 1.807) is 0 Å². The molecule has 0 aromatic heterocycles. The van der Waals surface area contributed by atoms with E-state index >= 15 is 0 Å². The third-order valence-corrected chi connectivity index (χ3v) is 4.30. The molecule has 0 aromatic rings. The molecule has 11 heteroatoms. The van der Waals surface area contributed by atoms with E-state index in [0.29, 0.717) is 0 Å². The number of alkyl halides is 6. The van der Waals surface area contributed by atoms with Gasteiger partial charge in [-0.05, 0) is 32.6 Å². The summed E-state index contributed by atoms with van der Waals surface area (Å²) < 4.78 is 85.6. The molecule has 134 valence electrons. The van der Waals surface area contributed by atoms with Crippen LogP contribution in [0.25, 0.3) is 0 Å². The summed E-state index contributed by atoms with van der Waals surface area (Å²) in [4.78, 5) is 18.1. The Bertz CT molecular complexity index is 363. The summed E-state index contributed by atoms with van der Waals surface area (Å²) in [5.41, 5.74) is 0. The Morgan fingerprint density at radius 3 is 1.68 bits per heavy atom. The molecule has 0 spiro atoms. The number of hydrogen-bond donors (Lipinski definition) is 2. The van der Waals surface area contributed by atoms with Crippen molar-refractivity contribution >= 4 is 7.75 Å². The Morgan fingerprint density at radius 2 is 1.41 bits per heavy atom. The van der Waals surface area contributed by atoms with E-state index in [9.17, 15) is 30.9 Å². The van der Waals surface area contributed by atoms with Crippen LogP contribution in [0.1, 0.15) is 39.5 Å². The molecule has 0 aromatic carbocycles. The Balaban J connectivity index is 4.65. The third kappa shape index (κ3) is 10.4. The van der Waals surface area contributed by atoms with Crippen LogP contribution in [-0.4, -0.2) is 39.4 Å². The van der Waals surface area contributed by atoms with E-state index in [1.165, 1.54) is 13.8 Å². The van der Waals surface area contributed by atoms with Crippen LogP contribution >= 0.6 is 7.75 Å². The van der Waals surface area contributed by atoms with Gasteiger partial charge in [0.25, 0.3) is 0 Å². The molecule has 0 aliphatic rings. The smallest absolute Gasteiger partial charge is 0.312 e. The second kappa shape index (κ2) is 7.99. The van der Waals surface area contributed by atoms with Crippen molar-refractivity contribution in [3.8, 4) is 0 Å². The summed E-state index contributed by atoms with van der Waals surface area (Å²) in [7, 11) is -4.58. The van der Waals surface area contributed by atoms with Gasteiger partial charge < -0.3 is 9.79 Å². The van der Waals surface area contributed by atoms with Crippen molar-refractivity contribution in [3.63, 3.8) is 0 Å². The largest absolute Gasteiger partial charge is 0.403 e. The maximum atomic E-state index is 12.3. The van der Waals surface area contributed by atoms with Gasteiger partial charge in [0.15, 0.2) is 0 Å². The molecule has 0 heterocycles. The second-order valence-electron chi connectivity index (χ2n) is 5.42. The molecule has 22 heavy (non-hydrogen) atoms. The van der Waals surface area contributed by atoms with Crippen LogP contribution in [-0.2, 0) is 4.57 Å². The van der Waals surface area contributed by atoms with Crippen LogP contribution in [0.2, 0.25) is 0 Å². The molecule has 0 radical (unpaired) electrons. The second-order valence-corrected chi connectivity index (χ2v) is 6.96. The lowest BCUT2D eigenvalue weighted by Gasteiger charge is -2.27. The highest BCUT2D eigenvalue weighted by atomic mass is 31.2. The molecular weight excluding hydrogens is 339 g/mol. The van der Waals surface area contributed by atoms with Gasteiger partial charge in [0.05, 0.1) is 0 Å². The minimum atomic E-state index is -4.71. The Morgan fingerprint density at radius 1 is 1.00 bits per heavy atom. The van der Waals surface area contributed by atoms with Gasteiger partial charge >= 0.3 is 20.1 Å². The first-order valence-electron chi connectivity index (χ1n) is 6.58. The zero-order valence-electron chi connectivity index (χ0n) is 12.2. The highest BCUT2D eigenvalue weighted by molar-refractivity contribution is 7.49. The van der Waals surface area contributed by atoms with Gasteiger partial charge in [-0.1, -0.05) is 0 Å². The van der Waals surface area contributed by atoms with Gasteiger partial charge in [0.1, 0.15) is 0 Å². The van der Waals surface area contributed by atoms with E-state index in [1.807, 2.05) is 0 Å². The SMILES string of the molecule is CC(C)N(CCCC(CC(F)(F)F)CC(F)(F)F)P(=O)(O)O. The van der Waals surface area contributed by atoms with Crippen molar-refractivity contribution < 1.29 is 40.7 Å². The molecule has 0 atom stereocenters. The fraction of sp³-hybridized carbons (Fsp3) is 1.00. The summed E-state index contributed by atoms with van der Waals surface area (Å²) in [6.07, 6.45) is -13.1. The third-order valence-electron chi connectivity index (χ3n) is 2.97.